The molecule has 5 nitrogen and oxygen atoms in total. The van der Waals surface area contributed by atoms with E-state index in [2.05, 4.69) is 21.5 Å². The SMILES string of the molecule is C=CCn1c(=NC(=O)c2ccc3nccnc3c2)sc2cc(F)ccc21. The van der Waals surface area contributed by atoms with Gasteiger partial charge in [0.1, 0.15) is 5.82 Å². The molecule has 0 N–H and O–H groups in total. The Hall–Kier alpha value is -3.19. The summed E-state index contributed by atoms with van der Waals surface area (Å²) in [5.74, 6) is -0.710. The number of amides is 1. The van der Waals surface area contributed by atoms with Crippen LogP contribution in [0.2, 0.25) is 0 Å². The Morgan fingerprint density at radius 3 is 2.81 bits per heavy atom. The summed E-state index contributed by atoms with van der Waals surface area (Å²) in [6, 6.07) is 9.59. The van der Waals surface area contributed by atoms with E-state index in [1.807, 2.05) is 4.57 Å². The Bertz CT molecular complexity index is 1230. The van der Waals surface area contributed by atoms with Crippen LogP contribution in [0.5, 0.6) is 0 Å². The fourth-order valence-electron chi connectivity index (χ4n) is 2.69. The molecule has 7 heteroatoms. The minimum absolute atomic E-state index is 0.324. The summed E-state index contributed by atoms with van der Waals surface area (Å²) >= 11 is 1.26. The van der Waals surface area contributed by atoms with E-state index in [0.29, 0.717) is 27.9 Å². The normalized spacial score (nSPS) is 12.0. The second-order valence-electron chi connectivity index (χ2n) is 5.57. The van der Waals surface area contributed by atoms with Gasteiger partial charge in [-0.2, -0.15) is 4.99 Å². The maximum atomic E-state index is 13.5. The number of halogens is 1. The van der Waals surface area contributed by atoms with Gasteiger partial charge in [0.25, 0.3) is 5.91 Å². The summed E-state index contributed by atoms with van der Waals surface area (Å²) in [6.07, 6.45) is 4.89. The first-order valence-corrected chi connectivity index (χ1v) is 8.67. The first kappa shape index (κ1) is 16.3. The van der Waals surface area contributed by atoms with Crippen molar-refractivity contribution in [1.82, 2.24) is 14.5 Å². The summed E-state index contributed by atoms with van der Waals surface area (Å²) in [5, 5.41) is 0. The summed E-state index contributed by atoms with van der Waals surface area (Å²) in [4.78, 5) is 25.8. The average Bonchev–Trinajstić information content (AvgIpc) is 2.98. The Balaban J connectivity index is 1.84. The highest BCUT2D eigenvalue weighted by Gasteiger charge is 2.10. The average molecular weight is 364 g/mol. The Morgan fingerprint density at radius 1 is 1.19 bits per heavy atom. The Morgan fingerprint density at radius 2 is 2.00 bits per heavy atom. The largest absolute Gasteiger partial charge is 0.312 e. The summed E-state index contributed by atoms with van der Waals surface area (Å²) < 4.78 is 16.1. The fraction of sp³-hybridized carbons (Fsp3) is 0.0526. The standard InChI is InChI=1S/C19H13FN4OS/c1-2-9-24-16-6-4-13(20)11-17(16)26-19(24)23-18(25)12-3-5-14-15(10-12)22-8-7-21-14/h2-8,10-11H,1,9H2. The molecule has 2 heterocycles. The van der Waals surface area contributed by atoms with Gasteiger partial charge in [0, 0.05) is 24.5 Å². The van der Waals surface area contributed by atoms with Crippen LogP contribution in [0.3, 0.4) is 0 Å². The number of benzene rings is 2. The monoisotopic (exact) mass is 364 g/mol. The van der Waals surface area contributed by atoms with Crippen LogP contribution in [0.15, 0.2) is 66.4 Å². The second-order valence-corrected chi connectivity index (χ2v) is 6.58. The molecule has 0 radical (unpaired) electrons. The van der Waals surface area contributed by atoms with Crippen LogP contribution in [0, 0.1) is 5.82 Å². The predicted molar refractivity (Wildman–Crippen MR) is 99.4 cm³/mol. The third-order valence-electron chi connectivity index (χ3n) is 3.87. The number of hydrogen-bond donors (Lipinski definition) is 0. The number of carbonyl (C=O) groups is 1. The zero-order valence-corrected chi connectivity index (χ0v) is 14.4. The molecule has 0 aliphatic heterocycles. The van der Waals surface area contributed by atoms with Crippen molar-refractivity contribution in [3.63, 3.8) is 0 Å². The van der Waals surface area contributed by atoms with Crippen molar-refractivity contribution < 1.29 is 9.18 Å². The van der Waals surface area contributed by atoms with Gasteiger partial charge in [0.05, 0.1) is 21.3 Å². The number of fused-ring (bicyclic) bond motifs is 2. The second kappa shape index (κ2) is 6.61. The molecular formula is C19H13FN4OS. The Kier molecular flexibility index (Phi) is 4.14. The summed E-state index contributed by atoms with van der Waals surface area (Å²) in [5.41, 5.74) is 2.58. The lowest BCUT2D eigenvalue weighted by molar-refractivity contribution is 0.0998. The van der Waals surface area contributed by atoms with E-state index in [1.54, 1.807) is 42.7 Å². The van der Waals surface area contributed by atoms with Crippen LogP contribution >= 0.6 is 11.3 Å². The molecule has 0 saturated heterocycles. The molecule has 2 aromatic heterocycles. The third-order valence-corrected chi connectivity index (χ3v) is 4.91. The molecule has 0 aliphatic rings. The van der Waals surface area contributed by atoms with Gasteiger partial charge in [-0.3, -0.25) is 14.8 Å². The van der Waals surface area contributed by atoms with Gasteiger partial charge in [-0.25, -0.2) is 4.39 Å². The minimum atomic E-state index is -0.387. The highest BCUT2D eigenvalue weighted by atomic mass is 32.1. The molecule has 26 heavy (non-hydrogen) atoms. The fourth-order valence-corrected chi connectivity index (χ4v) is 3.75. The van der Waals surface area contributed by atoms with Gasteiger partial charge >= 0.3 is 0 Å². The highest BCUT2D eigenvalue weighted by molar-refractivity contribution is 7.16. The zero-order chi connectivity index (χ0) is 18.1. The van der Waals surface area contributed by atoms with E-state index in [9.17, 15) is 9.18 Å². The molecule has 0 unspecified atom stereocenters. The molecule has 0 spiro atoms. The van der Waals surface area contributed by atoms with Crippen LogP contribution in [0.1, 0.15) is 10.4 Å². The quantitative estimate of drug-likeness (QED) is 0.521. The number of nitrogens with zero attached hydrogens (tertiary/aromatic N) is 4. The number of allylic oxidation sites excluding steroid dienone is 1. The molecule has 0 saturated carbocycles. The maximum Gasteiger partial charge on any atom is 0.279 e. The van der Waals surface area contributed by atoms with E-state index in [0.717, 1.165) is 10.2 Å². The van der Waals surface area contributed by atoms with Crippen molar-refractivity contribution >= 4 is 38.5 Å². The van der Waals surface area contributed by atoms with Gasteiger partial charge in [0.2, 0.25) is 0 Å². The molecule has 0 aliphatic carbocycles. The van der Waals surface area contributed by atoms with E-state index in [4.69, 9.17) is 0 Å². The smallest absolute Gasteiger partial charge is 0.279 e. The molecule has 0 bridgehead atoms. The van der Waals surface area contributed by atoms with Gasteiger partial charge in [0.15, 0.2) is 4.80 Å². The van der Waals surface area contributed by atoms with Crippen LogP contribution in [-0.4, -0.2) is 20.4 Å². The molecule has 0 atom stereocenters. The zero-order valence-electron chi connectivity index (χ0n) is 13.6. The first-order valence-electron chi connectivity index (χ1n) is 7.85. The molecule has 4 aromatic rings. The highest BCUT2D eigenvalue weighted by Crippen LogP contribution is 2.19. The van der Waals surface area contributed by atoms with Gasteiger partial charge in [-0.05, 0) is 36.4 Å². The number of thiazole rings is 1. The van der Waals surface area contributed by atoms with Gasteiger partial charge in [-0.15, -0.1) is 6.58 Å². The van der Waals surface area contributed by atoms with E-state index in [1.165, 1.54) is 23.5 Å². The number of rotatable bonds is 3. The van der Waals surface area contributed by atoms with Crippen molar-refractivity contribution in [2.24, 2.45) is 4.99 Å². The first-order chi connectivity index (χ1) is 12.7. The van der Waals surface area contributed by atoms with E-state index < -0.39 is 0 Å². The number of aromatic nitrogens is 3. The summed E-state index contributed by atoms with van der Waals surface area (Å²) in [7, 11) is 0. The lowest BCUT2D eigenvalue weighted by atomic mass is 10.2. The lowest BCUT2D eigenvalue weighted by Gasteiger charge is -2.01. The van der Waals surface area contributed by atoms with E-state index in [-0.39, 0.29) is 11.7 Å². The van der Waals surface area contributed by atoms with E-state index >= 15 is 0 Å². The molecule has 0 fully saturated rings. The molecule has 4 rings (SSSR count). The molecule has 128 valence electrons. The molecular weight excluding hydrogens is 351 g/mol. The van der Waals surface area contributed by atoms with Crippen LogP contribution in [0.25, 0.3) is 21.3 Å². The summed E-state index contributed by atoms with van der Waals surface area (Å²) in [6.45, 7) is 4.21. The minimum Gasteiger partial charge on any atom is -0.312 e. The lowest BCUT2D eigenvalue weighted by Crippen LogP contribution is -2.16. The van der Waals surface area contributed by atoms with Crippen molar-refractivity contribution in [2.75, 3.05) is 0 Å². The van der Waals surface area contributed by atoms with Gasteiger partial charge < -0.3 is 4.57 Å². The van der Waals surface area contributed by atoms with Gasteiger partial charge in [-0.1, -0.05) is 17.4 Å². The molecule has 1 amide bonds. The van der Waals surface area contributed by atoms with Crippen molar-refractivity contribution in [1.29, 1.82) is 0 Å². The molecule has 2 aromatic carbocycles. The number of hydrogen-bond acceptors (Lipinski definition) is 4. The third kappa shape index (κ3) is 2.93. The van der Waals surface area contributed by atoms with Crippen LogP contribution in [0.4, 0.5) is 4.39 Å². The Labute approximate surface area is 151 Å². The topological polar surface area (TPSA) is 60.1 Å². The number of carbonyl (C=O) groups excluding carboxylic acids is 1. The van der Waals surface area contributed by atoms with Crippen molar-refractivity contribution in [3.05, 3.63) is 77.6 Å². The van der Waals surface area contributed by atoms with Crippen molar-refractivity contribution in [3.8, 4) is 0 Å². The maximum absolute atomic E-state index is 13.5. The van der Waals surface area contributed by atoms with Crippen LogP contribution < -0.4 is 4.80 Å². The van der Waals surface area contributed by atoms with Crippen LogP contribution in [-0.2, 0) is 6.54 Å². The predicted octanol–water partition coefficient (Wildman–Crippen LogP) is 3.71. The van der Waals surface area contributed by atoms with Crippen molar-refractivity contribution in [2.45, 2.75) is 6.54 Å².